The zero-order valence-electron chi connectivity index (χ0n) is 18.4. The van der Waals surface area contributed by atoms with Crippen LogP contribution in [0.25, 0.3) is 0 Å². The summed E-state index contributed by atoms with van der Waals surface area (Å²) >= 11 is 0. The van der Waals surface area contributed by atoms with Crippen molar-refractivity contribution in [3.05, 3.63) is 30.1 Å². The molecule has 4 heterocycles. The van der Waals surface area contributed by atoms with Crippen molar-refractivity contribution in [3.63, 3.8) is 0 Å². The Bertz CT molecular complexity index is 757. The van der Waals surface area contributed by atoms with Crippen LogP contribution in [0.5, 0.6) is 0 Å². The van der Waals surface area contributed by atoms with Crippen LogP contribution in [0.3, 0.4) is 0 Å². The highest BCUT2D eigenvalue weighted by atomic mass is 16.5. The average molecular weight is 448 g/mol. The van der Waals surface area contributed by atoms with E-state index in [1.54, 1.807) is 12.4 Å². The second kappa shape index (κ2) is 11.2. The first-order valence-electron chi connectivity index (χ1n) is 11.5. The summed E-state index contributed by atoms with van der Waals surface area (Å²) in [5.41, 5.74) is 0.993. The molecule has 3 aliphatic rings. The largest absolute Gasteiger partial charge is 0.389 e. The van der Waals surface area contributed by atoms with Crippen LogP contribution in [0.15, 0.2) is 24.5 Å². The second-order valence-corrected chi connectivity index (χ2v) is 8.85. The monoisotopic (exact) mass is 447 g/mol. The van der Waals surface area contributed by atoms with Gasteiger partial charge >= 0.3 is 0 Å². The van der Waals surface area contributed by atoms with Crippen LogP contribution in [-0.4, -0.2) is 84.1 Å². The molecule has 3 saturated heterocycles. The summed E-state index contributed by atoms with van der Waals surface area (Å²) in [6.07, 6.45) is 5.24. The maximum Gasteiger partial charge on any atom is 0.226 e. The van der Waals surface area contributed by atoms with Gasteiger partial charge in [0.05, 0.1) is 37.9 Å². The van der Waals surface area contributed by atoms with Crippen molar-refractivity contribution in [2.45, 2.75) is 63.0 Å². The van der Waals surface area contributed by atoms with Crippen molar-refractivity contribution >= 4 is 11.8 Å². The highest BCUT2D eigenvalue weighted by molar-refractivity contribution is 5.79. The van der Waals surface area contributed by atoms with Crippen LogP contribution in [0.2, 0.25) is 0 Å². The molecule has 3 aliphatic heterocycles. The van der Waals surface area contributed by atoms with Gasteiger partial charge in [-0.2, -0.15) is 0 Å². The van der Waals surface area contributed by atoms with Crippen molar-refractivity contribution in [3.8, 4) is 0 Å². The van der Waals surface area contributed by atoms with E-state index >= 15 is 0 Å². The number of carbonyl (C=O) groups excluding carboxylic acids is 2. The molecule has 9 heteroatoms. The molecule has 4 atom stereocenters. The van der Waals surface area contributed by atoms with E-state index in [0.29, 0.717) is 45.6 Å². The number of ether oxygens (including phenoxy) is 3. The lowest BCUT2D eigenvalue weighted by atomic mass is 9.91. The van der Waals surface area contributed by atoms with Gasteiger partial charge in [-0.25, -0.2) is 0 Å². The Morgan fingerprint density at radius 1 is 1.09 bits per heavy atom. The summed E-state index contributed by atoms with van der Waals surface area (Å²) in [5, 5.41) is 13.2. The van der Waals surface area contributed by atoms with Gasteiger partial charge in [0.15, 0.2) is 0 Å². The number of carbonyl (C=O) groups is 2. The number of aromatic nitrogens is 1. The van der Waals surface area contributed by atoms with Gasteiger partial charge in [-0.3, -0.25) is 14.6 Å². The minimum atomic E-state index is -0.712. The van der Waals surface area contributed by atoms with Gasteiger partial charge in [-0.05, 0) is 43.4 Å². The minimum absolute atomic E-state index is 0.0671. The van der Waals surface area contributed by atoms with Gasteiger partial charge in [0.25, 0.3) is 0 Å². The highest BCUT2D eigenvalue weighted by Gasteiger charge is 2.41. The third kappa shape index (κ3) is 6.04. The van der Waals surface area contributed by atoms with Crippen molar-refractivity contribution in [2.24, 2.45) is 5.92 Å². The maximum atomic E-state index is 13.3. The summed E-state index contributed by atoms with van der Waals surface area (Å²) in [6.45, 7) is 2.36. The van der Waals surface area contributed by atoms with Gasteiger partial charge in [-0.15, -0.1) is 0 Å². The lowest BCUT2D eigenvalue weighted by Crippen LogP contribution is -2.58. The standard InChI is InChI=1S/C23H33N3O6/c27-18-13-26(23(29)17-5-9-30-10-6-17)20-2-1-19(32-21(20)15-31-14-18)11-22(28)25-12-16-3-7-24-8-4-16/h3-4,7-8,17-21,27H,1-2,5-6,9-15H2,(H,25,28)/t18-,19-,20-,21+/m1/s1. The SMILES string of the molecule is O=C(C[C@H]1CC[C@@H]2[C@H](COC[C@H](O)CN2C(=O)C2CCOCC2)O1)NCc1ccncc1. The number of hydrogen-bond donors (Lipinski definition) is 2. The number of aliphatic hydroxyl groups excluding tert-OH is 1. The summed E-state index contributed by atoms with van der Waals surface area (Å²) in [4.78, 5) is 31.5. The number of β-amino-alcohol motifs (C(OH)–C–C–N with tert-alkyl or cyclic N) is 1. The van der Waals surface area contributed by atoms with Gasteiger partial charge in [0.2, 0.25) is 11.8 Å². The van der Waals surface area contributed by atoms with E-state index in [4.69, 9.17) is 14.2 Å². The molecule has 0 aromatic carbocycles. The quantitative estimate of drug-likeness (QED) is 0.682. The molecule has 2 amide bonds. The van der Waals surface area contributed by atoms with Gasteiger partial charge in [0.1, 0.15) is 6.10 Å². The van der Waals surface area contributed by atoms with Gasteiger partial charge in [-0.1, -0.05) is 0 Å². The predicted octanol–water partition coefficient (Wildman–Crippen LogP) is 0.650. The van der Waals surface area contributed by atoms with Crippen LogP contribution in [0, 0.1) is 5.92 Å². The minimum Gasteiger partial charge on any atom is -0.389 e. The summed E-state index contributed by atoms with van der Waals surface area (Å²) < 4.78 is 17.3. The number of pyridine rings is 1. The van der Waals surface area contributed by atoms with Crippen LogP contribution in [0.1, 0.15) is 37.7 Å². The lowest BCUT2D eigenvalue weighted by molar-refractivity contribution is -0.173. The molecule has 0 spiro atoms. The predicted molar refractivity (Wildman–Crippen MR) is 114 cm³/mol. The number of aliphatic hydroxyl groups is 1. The molecule has 9 nitrogen and oxygen atoms in total. The Hall–Kier alpha value is -2.07. The average Bonchev–Trinajstić information content (AvgIpc) is 2.81. The van der Waals surface area contributed by atoms with E-state index in [0.717, 1.165) is 12.0 Å². The number of rotatable bonds is 5. The number of hydrogen-bond acceptors (Lipinski definition) is 7. The van der Waals surface area contributed by atoms with Crippen LogP contribution in [0.4, 0.5) is 0 Å². The van der Waals surface area contributed by atoms with Crippen molar-refractivity contribution in [1.82, 2.24) is 15.2 Å². The van der Waals surface area contributed by atoms with Crippen LogP contribution in [-0.2, 0) is 30.3 Å². The molecule has 0 radical (unpaired) electrons. The molecular formula is C23H33N3O6. The molecule has 1 aromatic heterocycles. The lowest BCUT2D eigenvalue weighted by Gasteiger charge is -2.45. The Balaban J connectivity index is 1.34. The number of nitrogens with zero attached hydrogens (tertiary/aromatic N) is 2. The topological polar surface area (TPSA) is 110 Å². The fourth-order valence-corrected chi connectivity index (χ4v) is 4.75. The fraction of sp³-hybridized carbons (Fsp3) is 0.696. The van der Waals surface area contributed by atoms with Gasteiger partial charge < -0.3 is 29.5 Å². The molecule has 0 aliphatic carbocycles. The van der Waals surface area contributed by atoms with E-state index in [9.17, 15) is 14.7 Å². The Labute approximate surface area is 188 Å². The van der Waals surface area contributed by atoms with Crippen molar-refractivity contribution in [1.29, 1.82) is 0 Å². The van der Waals surface area contributed by atoms with E-state index in [1.807, 2.05) is 17.0 Å². The molecule has 176 valence electrons. The van der Waals surface area contributed by atoms with E-state index in [1.165, 1.54) is 0 Å². The molecule has 2 N–H and O–H groups in total. The van der Waals surface area contributed by atoms with E-state index in [2.05, 4.69) is 10.3 Å². The molecule has 32 heavy (non-hydrogen) atoms. The first kappa shape index (κ1) is 23.1. The smallest absolute Gasteiger partial charge is 0.226 e. The first-order chi connectivity index (χ1) is 15.6. The number of nitrogens with one attached hydrogen (secondary N) is 1. The summed E-state index contributed by atoms with van der Waals surface area (Å²) in [7, 11) is 0. The molecule has 1 aromatic rings. The molecule has 0 unspecified atom stereocenters. The highest BCUT2D eigenvalue weighted by Crippen LogP contribution is 2.30. The van der Waals surface area contributed by atoms with Crippen molar-refractivity contribution in [2.75, 3.05) is 33.0 Å². The van der Waals surface area contributed by atoms with Gasteiger partial charge in [0, 0.05) is 44.6 Å². The van der Waals surface area contributed by atoms with Crippen LogP contribution >= 0.6 is 0 Å². The number of fused-ring (bicyclic) bond motifs is 1. The molecule has 0 bridgehead atoms. The fourth-order valence-electron chi connectivity index (χ4n) is 4.75. The Morgan fingerprint density at radius 2 is 1.88 bits per heavy atom. The zero-order valence-corrected chi connectivity index (χ0v) is 18.4. The zero-order chi connectivity index (χ0) is 22.3. The number of amides is 2. The molecule has 0 saturated carbocycles. The molecule has 3 fully saturated rings. The Kier molecular flexibility index (Phi) is 8.07. The maximum absolute atomic E-state index is 13.3. The second-order valence-electron chi connectivity index (χ2n) is 8.85. The molecule has 4 rings (SSSR count). The Morgan fingerprint density at radius 3 is 2.66 bits per heavy atom. The third-order valence-corrected chi connectivity index (χ3v) is 6.49. The van der Waals surface area contributed by atoms with Crippen molar-refractivity contribution < 1.29 is 28.9 Å². The third-order valence-electron chi connectivity index (χ3n) is 6.49. The first-order valence-corrected chi connectivity index (χ1v) is 11.5. The summed E-state index contributed by atoms with van der Waals surface area (Å²) in [5.74, 6) is -0.0717. The van der Waals surface area contributed by atoms with E-state index < -0.39 is 6.10 Å². The molecular weight excluding hydrogens is 414 g/mol. The van der Waals surface area contributed by atoms with Crippen LogP contribution < -0.4 is 5.32 Å². The normalized spacial score (nSPS) is 29.5. The summed E-state index contributed by atoms with van der Waals surface area (Å²) in [6, 6.07) is 3.58. The van der Waals surface area contributed by atoms with E-state index in [-0.39, 0.29) is 55.6 Å².